The van der Waals surface area contributed by atoms with E-state index in [9.17, 15) is 9.59 Å². The maximum absolute atomic E-state index is 12.2. The molecule has 0 radical (unpaired) electrons. The molecular formula is C21H27ClN4O3S. The molecule has 1 aromatic heterocycles. The highest BCUT2D eigenvalue weighted by molar-refractivity contribution is 8.01. The second kappa shape index (κ2) is 10.2. The molecule has 1 aromatic carbocycles. The number of hydrogen-bond donors (Lipinski definition) is 2. The minimum absolute atomic E-state index is 0.0608. The Bertz CT molecular complexity index is 904. The van der Waals surface area contributed by atoms with Gasteiger partial charge in [-0.05, 0) is 50.8 Å². The summed E-state index contributed by atoms with van der Waals surface area (Å²) >= 11 is 7.44. The molecule has 7 nitrogen and oxygen atoms in total. The van der Waals surface area contributed by atoms with Crippen molar-refractivity contribution in [1.29, 1.82) is 0 Å². The van der Waals surface area contributed by atoms with E-state index in [4.69, 9.17) is 16.1 Å². The lowest BCUT2D eigenvalue weighted by Gasteiger charge is -2.21. The van der Waals surface area contributed by atoms with Crippen molar-refractivity contribution < 1.29 is 14.1 Å². The average Bonchev–Trinajstić information content (AvgIpc) is 3.35. The Morgan fingerprint density at radius 3 is 2.90 bits per heavy atom. The van der Waals surface area contributed by atoms with Gasteiger partial charge in [-0.15, -0.1) is 11.8 Å². The molecule has 2 amide bonds. The van der Waals surface area contributed by atoms with Gasteiger partial charge in [0.1, 0.15) is 5.76 Å². The van der Waals surface area contributed by atoms with Crippen LogP contribution in [0.3, 0.4) is 0 Å². The molecule has 9 heteroatoms. The maximum Gasteiger partial charge on any atom is 0.238 e. The summed E-state index contributed by atoms with van der Waals surface area (Å²) in [7, 11) is 0. The van der Waals surface area contributed by atoms with Crippen LogP contribution in [0.5, 0.6) is 0 Å². The van der Waals surface area contributed by atoms with Crippen molar-refractivity contribution in [2.24, 2.45) is 5.92 Å². The van der Waals surface area contributed by atoms with E-state index >= 15 is 0 Å². The number of thioether (sulfide) groups is 1. The van der Waals surface area contributed by atoms with E-state index in [2.05, 4.69) is 27.6 Å². The van der Waals surface area contributed by atoms with Crippen LogP contribution in [0.2, 0.25) is 5.02 Å². The molecule has 1 saturated heterocycles. The van der Waals surface area contributed by atoms with Crippen LogP contribution in [0.1, 0.15) is 24.7 Å². The number of hydrogen-bond acceptors (Lipinski definition) is 6. The number of benzene rings is 1. The number of carbonyl (C=O) groups excluding carboxylic acids is 2. The van der Waals surface area contributed by atoms with Crippen molar-refractivity contribution >= 4 is 46.7 Å². The van der Waals surface area contributed by atoms with Crippen molar-refractivity contribution in [1.82, 2.24) is 10.5 Å². The molecule has 2 heterocycles. The third-order valence-electron chi connectivity index (χ3n) is 5.10. The zero-order valence-corrected chi connectivity index (χ0v) is 19.0. The molecule has 30 heavy (non-hydrogen) atoms. The van der Waals surface area contributed by atoms with Crippen LogP contribution in [0.4, 0.5) is 11.5 Å². The second-order valence-electron chi connectivity index (χ2n) is 7.60. The molecular weight excluding hydrogens is 424 g/mol. The van der Waals surface area contributed by atoms with E-state index in [1.54, 1.807) is 19.9 Å². The van der Waals surface area contributed by atoms with Gasteiger partial charge < -0.3 is 20.1 Å². The quantitative estimate of drug-likeness (QED) is 0.638. The number of nitrogens with one attached hydrogen (secondary N) is 2. The number of carbonyl (C=O) groups is 2. The third-order valence-corrected chi connectivity index (χ3v) is 6.48. The maximum atomic E-state index is 12.2. The summed E-state index contributed by atoms with van der Waals surface area (Å²) in [6, 6.07) is 7.59. The Morgan fingerprint density at radius 2 is 2.17 bits per heavy atom. The molecule has 3 rings (SSSR count). The smallest absolute Gasteiger partial charge is 0.238 e. The molecule has 2 unspecified atom stereocenters. The third kappa shape index (κ3) is 6.15. The van der Waals surface area contributed by atoms with Gasteiger partial charge in [-0.2, -0.15) is 0 Å². The first-order valence-electron chi connectivity index (χ1n) is 9.95. The van der Waals surface area contributed by atoms with E-state index in [-0.39, 0.29) is 22.8 Å². The van der Waals surface area contributed by atoms with Gasteiger partial charge in [0, 0.05) is 36.4 Å². The first-order valence-corrected chi connectivity index (χ1v) is 11.4. The highest BCUT2D eigenvalue weighted by Gasteiger charge is 2.24. The summed E-state index contributed by atoms with van der Waals surface area (Å²) in [6.07, 6.45) is 1.02. The van der Waals surface area contributed by atoms with Gasteiger partial charge in [-0.3, -0.25) is 9.59 Å². The molecule has 2 atom stereocenters. The largest absolute Gasteiger partial charge is 0.371 e. The molecule has 0 aliphatic carbocycles. The van der Waals surface area contributed by atoms with E-state index in [1.807, 2.05) is 18.2 Å². The van der Waals surface area contributed by atoms with E-state index in [1.165, 1.54) is 17.3 Å². The first-order chi connectivity index (χ1) is 14.3. The molecule has 2 N–H and O–H groups in total. The summed E-state index contributed by atoms with van der Waals surface area (Å²) in [5.41, 5.74) is 2.36. The average molecular weight is 451 g/mol. The highest BCUT2D eigenvalue weighted by Crippen LogP contribution is 2.29. The number of amides is 2. The van der Waals surface area contributed by atoms with E-state index in [0.717, 1.165) is 30.2 Å². The Kier molecular flexibility index (Phi) is 7.66. The fourth-order valence-electron chi connectivity index (χ4n) is 3.38. The van der Waals surface area contributed by atoms with Gasteiger partial charge in [0.2, 0.25) is 11.8 Å². The van der Waals surface area contributed by atoms with Gasteiger partial charge in [0.25, 0.3) is 0 Å². The minimum atomic E-state index is -0.375. The summed E-state index contributed by atoms with van der Waals surface area (Å²) in [4.78, 5) is 26.7. The molecule has 0 spiro atoms. The number of halogens is 1. The molecule has 162 valence electrons. The van der Waals surface area contributed by atoms with Crippen LogP contribution >= 0.6 is 23.4 Å². The highest BCUT2D eigenvalue weighted by atomic mass is 35.5. The van der Waals surface area contributed by atoms with Gasteiger partial charge >= 0.3 is 0 Å². The standard InChI is InChI=1S/C21H27ClN4O3S/c1-13-4-5-17(22)9-18(13)26-7-6-16(11-26)10-23-20(27)12-30-15(3)21(28)24-19-8-14(2)29-25-19/h4-5,8-9,15-16H,6-7,10-12H2,1-3H3,(H,23,27)(H,24,25,28). The Labute approximate surface area is 185 Å². The second-order valence-corrected chi connectivity index (χ2v) is 9.37. The number of aromatic nitrogens is 1. The number of anilines is 2. The van der Waals surface area contributed by atoms with Gasteiger partial charge in [-0.25, -0.2) is 0 Å². The molecule has 2 aromatic rings. The zero-order chi connectivity index (χ0) is 21.7. The number of aryl methyl sites for hydroxylation is 2. The Morgan fingerprint density at radius 1 is 1.37 bits per heavy atom. The van der Waals surface area contributed by atoms with Crippen LogP contribution in [0, 0.1) is 19.8 Å². The van der Waals surface area contributed by atoms with Crippen molar-refractivity contribution in [3.8, 4) is 0 Å². The minimum Gasteiger partial charge on any atom is -0.371 e. The van der Waals surface area contributed by atoms with Crippen LogP contribution in [-0.2, 0) is 9.59 Å². The van der Waals surface area contributed by atoms with Crippen LogP contribution in [-0.4, -0.2) is 47.6 Å². The summed E-state index contributed by atoms with van der Waals surface area (Å²) in [5, 5.41) is 9.78. The molecule has 1 aliphatic rings. The monoisotopic (exact) mass is 450 g/mol. The summed E-state index contributed by atoms with van der Waals surface area (Å²) in [5.74, 6) is 1.37. The van der Waals surface area contributed by atoms with Gasteiger partial charge in [-0.1, -0.05) is 22.8 Å². The molecule has 0 saturated carbocycles. The van der Waals surface area contributed by atoms with Crippen molar-refractivity contribution in [3.05, 3.63) is 40.6 Å². The summed E-state index contributed by atoms with van der Waals surface area (Å²) < 4.78 is 4.93. The summed E-state index contributed by atoms with van der Waals surface area (Å²) in [6.45, 7) is 8.08. The predicted octanol–water partition coefficient (Wildman–Crippen LogP) is 3.65. The molecule has 1 aliphatic heterocycles. The first kappa shape index (κ1) is 22.5. The lowest BCUT2D eigenvalue weighted by atomic mass is 10.1. The molecule has 0 bridgehead atoms. The number of rotatable bonds is 8. The van der Waals surface area contributed by atoms with E-state index in [0.29, 0.717) is 24.0 Å². The lowest BCUT2D eigenvalue weighted by molar-refractivity contribution is -0.118. The number of nitrogens with zero attached hydrogens (tertiary/aromatic N) is 2. The van der Waals surface area contributed by atoms with Crippen LogP contribution in [0.15, 0.2) is 28.8 Å². The van der Waals surface area contributed by atoms with Crippen molar-refractivity contribution in [2.45, 2.75) is 32.4 Å². The lowest BCUT2D eigenvalue weighted by Crippen LogP contribution is -2.33. The van der Waals surface area contributed by atoms with Gasteiger partial charge in [0.05, 0.1) is 11.0 Å². The van der Waals surface area contributed by atoms with Gasteiger partial charge in [0.15, 0.2) is 5.82 Å². The van der Waals surface area contributed by atoms with Crippen molar-refractivity contribution in [3.63, 3.8) is 0 Å². The normalized spacial score (nSPS) is 17.1. The van der Waals surface area contributed by atoms with E-state index < -0.39 is 0 Å². The molecule has 1 fully saturated rings. The zero-order valence-electron chi connectivity index (χ0n) is 17.4. The predicted molar refractivity (Wildman–Crippen MR) is 121 cm³/mol. The topological polar surface area (TPSA) is 87.5 Å². The SMILES string of the molecule is Cc1cc(NC(=O)C(C)SCC(=O)NCC2CCN(c3cc(Cl)ccc3C)C2)no1. The Balaban J connectivity index is 1.37. The van der Waals surface area contributed by atoms with Crippen molar-refractivity contribution in [2.75, 3.05) is 35.6 Å². The fourth-order valence-corrected chi connectivity index (χ4v) is 4.26. The Hall–Kier alpha value is -2.19. The fraction of sp³-hybridized carbons (Fsp3) is 0.476. The van der Waals surface area contributed by atoms with Crippen LogP contribution in [0.25, 0.3) is 0 Å². The van der Waals surface area contributed by atoms with Crippen LogP contribution < -0.4 is 15.5 Å².